The average Bonchev–Trinajstić information content (AvgIpc) is 3.38. The van der Waals surface area contributed by atoms with Crippen LogP contribution in [0.2, 0.25) is 0 Å². The number of aryl methyl sites for hydroxylation is 2. The van der Waals surface area contributed by atoms with Crippen molar-refractivity contribution in [3.8, 4) is 11.3 Å². The van der Waals surface area contributed by atoms with E-state index in [0.717, 1.165) is 36.3 Å². The van der Waals surface area contributed by atoms with E-state index in [2.05, 4.69) is 44.2 Å². The molecule has 2 N–H and O–H groups in total. The van der Waals surface area contributed by atoms with Crippen molar-refractivity contribution in [2.45, 2.75) is 26.8 Å². The molecule has 3 aromatic rings. The van der Waals surface area contributed by atoms with Crippen molar-refractivity contribution in [2.24, 2.45) is 11.7 Å². The van der Waals surface area contributed by atoms with Crippen LogP contribution in [0.25, 0.3) is 11.3 Å². The van der Waals surface area contributed by atoms with Crippen LogP contribution in [0.3, 0.4) is 0 Å². The number of carbonyl (C=O) groups excluding carboxylic acids is 1. The first-order valence-corrected chi connectivity index (χ1v) is 10.2. The van der Waals surface area contributed by atoms with E-state index in [-0.39, 0.29) is 18.3 Å². The van der Waals surface area contributed by atoms with Gasteiger partial charge in [-0.3, -0.25) is 9.48 Å². The van der Waals surface area contributed by atoms with E-state index in [1.54, 1.807) is 0 Å². The van der Waals surface area contributed by atoms with E-state index in [9.17, 15) is 4.79 Å². The third-order valence-corrected chi connectivity index (χ3v) is 5.87. The third kappa shape index (κ3) is 4.58. The molecular weight excluding hydrogens is 396 g/mol. The molecule has 1 aliphatic heterocycles. The van der Waals surface area contributed by atoms with Crippen LogP contribution in [0.15, 0.2) is 54.7 Å². The molecule has 1 aromatic heterocycles. The molecule has 1 saturated heterocycles. The van der Waals surface area contributed by atoms with Gasteiger partial charge in [-0.1, -0.05) is 42.5 Å². The number of hydrogen-bond acceptors (Lipinski definition) is 3. The minimum atomic E-state index is 0. The third-order valence-electron chi connectivity index (χ3n) is 5.87. The van der Waals surface area contributed by atoms with Gasteiger partial charge >= 0.3 is 0 Å². The summed E-state index contributed by atoms with van der Waals surface area (Å²) >= 11 is 0. The van der Waals surface area contributed by atoms with Crippen molar-refractivity contribution in [1.82, 2.24) is 14.7 Å². The number of amides is 1. The predicted octanol–water partition coefficient (Wildman–Crippen LogP) is 4.06. The summed E-state index contributed by atoms with van der Waals surface area (Å²) in [4.78, 5) is 15.3. The molecule has 5 nitrogen and oxygen atoms in total. The predicted molar refractivity (Wildman–Crippen MR) is 123 cm³/mol. The first-order valence-electron chi connectivity index (χ1n) is 10.2. The highest BCUT2D eigenvalue weighted by Gasteiger charge is 2.29. The van der Waals surface area contributed by atoms with Gasteiger partial charge in [0, 0.05) is 24.8 Å². The monoisotopic (exact) mass is 424 g/mol. The van der Waals surface area contributed by atoms with Crippen molar-refractivity contribution >= 4 is 18.3 Å². The standard InChI is InChI=1S/C24H28N4O.ClH/c1-17-8-9-21(12-18(17)2)23-22(24(29)27-11-10-20(13-25)14-27)16-28(26-23)15-19-6-4-3-5-7-19;/h3-9,12,16,20H,10-11,13-15,25H2,1-2H3;1H. The van der Waals surface area contributed by atoms with Crippen molar-refractivity contribution in [2.75, 3.05) is 19.6 Å². The maximum atomic E-state index is 13.4. The van der Waals surface area contributed by atoms with Crippen LogP contribution in [-0.2, 0) is 6.54 Å². The highest BCUT2D eigenvalue weighted by atomic mass is 35.5. The molecule has 30 heavy (non-hydrogen) atoms. The summed E-state index contributed by atoms with van der Waals surface area (Å²) in [7, 11) is 0. The molecule has 0 spiro atoms. The molecule has 1 amide bonds. The summed E-state index contributed by atoms with van der Waals surface area (Å²) in [6.45, 7) is 6.94. The van der Waals surface area contributed by atoms with Crippen LogP contribution >= 0.6 is 12.4 Å². The van der Waals surface area contributed by atoms with Gasteiger partial charge in [-0.05, 0) is 55.5 Å². The van der Waals surface area contributed by atoms with Crippen molar-refractivity contribution in [1.29, 1.82) is 0 Å². The van der Waals surface area contributed by atoms with E-state index in [1.165, 1.54) is 11.1 Å². The lowest BCUT2D eigenvalue weighted by Crippen LogP contribution is -2.30. The molecule has 6 heteroatoms. The van der Waals surface area contributed by atoms with Gasteiger partial charge in [-0.15, -0.1) is 12.4 Å². The van der Waals surface area contributed by atoms with Crippen molar-refractivity contribution in [3.63, 3.8) is 0 Å². The van der Waals surface area contributed by atoms with E-state index in [0.29, 0.717) is 24.6 Å². The maximum Gasteiger partial charge on any atom is 0.257 e. The first-order chi connectivity index (χ1) is 14.0. The number of rotatable bonds is 5. The van der Waals surface area contributed by atoms with Crippen LogP contribution in [0.1, 0.15) is 33.5 Å². The van der Waals surface area contributed by atoms with Crippen LogP contribution in [0.5, 0.6) is 0 Å². The number of halogens is 1. The summed E-state index contributed by atoms with van der Waals surface area (Å²) in [5.41, 5.74) is 11.8. The maximum absolute atomic E-state index is 13.4. The van der Waals surface area contributed by atoms with Gasteiger partial charge in [-0.2, -0.15) is 5.10 Å². The van der Waals surface area contributed by atoms with Crippen molar-refractivity contribution in [3.05, 3.63) is 77.0 Å². The molecule has 1 unspecified atom stereocenters. The fourth-order valence-electron chi connectivity index (χ4n) is 3.91. The zero-order chi connectivity index (χ0) is 20.4. The molecule has 1 atom stereocenters. The molecular formula is C24H29ClN4O. The van der Waals surface area contributed by atoms with E-state index in [4.69, 9.17) is 10.8 Å². The van der Waals surface area contributed by atoms with Crippen LogP contribution < -0.4 is 5.73 Å². The Labute approximate surface area is 184 Å². The van der Waals surface area contributed by atoms with Crippen LogP contribution in [-0.4, -0.2) is 40.2 Å². The molecule has 0 saturated carbocycles. The minimum Gasteiger partial charge on any atom is -0.338 e. The molecule has 0 radical (unpaired) electrons. The Hall–Kier alpha value is -2.63. The Morgan fingerprint density at radius 3 is 2.57 bits per heavy atom. The largest absolute Gasteiger partial charge is 0.338 e. The molecule has 1 fully saturated rings. The van der Waals surface area contributed by atoms with E-state index < -0.39 is 0 Å². The van der Waals surface area contributed by atoms with Gasteiger partial charge in [0.15, 0.2) is 0 Å². The quantitative estimate of drug-likeness (QED) is 0.671. The molecule has 158 valence electrons. The van der Waals surface area contributed by atoms with Gasteiger partial charge in [-0.25, -0.2) is 0 Å². The van der Waals surface area contributed by atoms with Crippen molar-refractivity contribution < 1.29 is 4.79 Å². The Balaban J connectivity index is 0.00000256. The lowest BCUT2D eigenvalue weighted by Gasteiger charge is -2.16. The second-order valence-corrected chi connectivity index (χ2v) is 8.02. The van der Waals surface area contributed by atoms with Crippen LogP contribution in [0.4, 0.5) is 0 Å². The number of aromatic nitrogens is 2. The topological polar surface area (TPSA) is 64.2 Å². The summed E-state index contributed by atoms with van der Waals surface area (Å²) in [5.74, 6) is 0.442. The summed E-state index contributed by atoms with van der Waals surface area (Å²) in [6, 6.07) is 16.5. The van der Waals surface area contributed by atoms with Gasteiger partial charge < -0.3 is 10.6 Å². The lowest BCUT2D eigenvalue weighted by atomic mass is 10.0. The van der Waals surface area contributed by atoms with Gasteiger partial charge in [0.1, 0.15) is 5.69 Å². The number of benzene rings is 2. The minimum absolute atomic E-state index is 0. The molecule has 0 bridgehead atoms. The Kier molecular flexibility index (Phi) is 6.95. The number of carbonyl (C=O) groups is 1. The second-order valence-electron chi connectivity index (χ2n) is 8.02. The fourth-order valence-corrected chi connectivity index (χ4v) is 3.91. The highest BCUT2D eigenvalue weighted by Crippen LogP contribution is 2.27. The molecule has 2 heterocycles. The number of likely N-dealkylation sites (tertiary alicyclic amines) is 1. The number of hydrogen-bond donors (Lipinski definition) is 1. The van der Waals surface area contributed by atoms with E-state index in [1.807, 2.05) is 34.0 Å². The van der Waals surface area contributed by atoms with Crippen LogP contribution in [0, 0.1) is 19.8 Å². The van der Waals surface area contributed by atoms with Gasteiger partial charge in [0.2, 0.25) is 0 Å². The summed E-state index contributed by atoms with van der Waals surface area (Å²) in [6.07, 6.45) is 2.87. The first kappa shape index (κ1) is 22.1. The fraction of sp³-hybridized carbons (Fsp3) is 0.333. The highest BCUT2D eigenvalue weighted by molar-refractivity contribution is 6.00. The summed E-state index contributed by atoms with van der Waals surface area (Å²) in [5, 5.41) is 4.82. The lowest BCUT2D eigenvalue weighted by molar-refractivity contribution is 0.0788. The van der Waals surface area contributed by atoms with Gasteiger partial charge in [0.05, 0.1) is 12.1 Å². The Morgan fingerprint density at radius 2 is 1.90 bits per heavy atom. The molecule has 4 rings (SSSR count). The Morgan fingerprint density at radius 1 is 1.13 bits per heavy atom. The Bertz CT molecular complexity index is 1020. The normalized spacial score (nSPS) is 15.8. The zero-order valence-corrected chi connectivity index (χ0v) is 18.4. The summed E-state index contributed by atoms with van der Waals surface area (Å²) < 4.78 is 1.88. The second kappa shape index (κ2) is 9.45. The molecule has 1 aliphatic rings. The average molecular weight is 425 g/mol. The smallest absolute Gasteiger partial charge is 0.257 e. The van der Waals surface area contributed by atoms with E-state index >= 15 is 0 Å². The molecule has 0 aliphatic carbocycles. The number of nitrogens with zero attached hydrogens (tertiary/aromatic N) is 3. The molecule has 2 aromatic carbocycles. The SMILES string of the molecule is Cc1ccc(-c2nn(Cc3ccccc3)cc2C(=O)N2CCC(CN)C2)cc1C.Cl. The van der Waals surface area contributed by atoms with Gasteiger partial charge in [0.25, 0.3) is 5.91 Å². The zero-order valence-electron chi connectivity index (χ0n) is 17.5. The number of nitrogens with two attached hydrogens (primary N) is 1.